The van der Waals surface area contributed by atoms with Gasteiger partial charge in [0.25, 0.3) is 0 Å². The molecular formula is C8H13NO5. The molecule has 0 fully saturated rings. The maximum Gasteiger partial charge on any atom is 0.307 e. The number of carbonyl (C=O) groups is 2. The molecule has 0 aliphatic rings. The number of aliphatic carboxylic acids is 2. The highest BCUT2D eigenvalue weighted by Crippen LogP contribution is 2.05. The molecule has 6 heteroatoms. The topological polar surface area (TPSA) is 96.2 Å². The molecule has 0 rings (SSSR count). The Morgan fingerprint density at radius 2 is 1.64 bits per heavy atom. The van der Waals surface area contributed by atoms with Gasteiger partial charge >= 0.3 is 11.9 Å². The van der Waals surface area contributed by atoms with Crippen LogP contribution in [0.2, 0.25) is 0 Å². The van der Waals surface area contributed by atoms with Crippen molar-refractivity contribution in [2.45, 2.75) is 32.8 Å². The van der Waals surface area contributed by atoms with Gasteiger partial charge in [0, 0.05) is 0 Å². The van der Waals surface area contributed by atoms with Crippen molar-refractivity contribution in [3.63, 3.8) is 0 Å². The van der Waals surface area contributed by atoms with E-state index in [-0.39, 0.29) is 12.8 Å². The Labute approximate surface area is 81.2 Å². The molecule has 0 spiro atoms. The summed E-state index contributed by atoms with van der Waals surface area (Å²) >= 11 is 0. The largest absolute Gasteiger partial charge is 0.481 e. The SMILES string of the molecule is CC(C)=NOC(CC(=O)O)CC(=O)O. The van der Waals surface area contributed by atoms with Gasteiger partial charge in [-0.05, 0) is 13.8 Å². The maximum absolute atomic E-state index is 10.3. The van der Waals surface area contributed by atoms with E-state index in [1.165, 1.54) is 0 Å². The molecule has 0 bridgehead atoms. The van der Waals surface area contributed by atoms with E-state index in [1.807, 2.05) is 0 Å². The third kappa shape index (κ3) is 7.08. The second kappa shape index (κ2) is 5.95. The Hall–Kier alpha value is -1.59. The van der Waals surface area contributed by atoms with Crippen LogP contribution >= 0.6 is 0 Å². The fraction of sp³-hybridized carbons (Fsp3) is 0.625. The molecule has 0 aromatic carbocycles. The van der Waals surface area contributed by atoms with Crippen molar-refractivity contribution in [3.05, 3.63) is 0 Å². The fourth-order valence-corrected chi connectivity index (χ4v) is 0.716. The van der Waals surface area contributed by atoms with Crippen molar-refractivity contribution in [3.8, 4) is 0 Å². The number of hydrogen-bond donors (Lipinski definition) is 2. The normalized spacial score (nSPS) is 9.64. The van der Waals surface area contributed by atoms with Crippen LogP contribution in [0, 0.1) is 0 Å². The van der Waals surface area contributed by atoms with Gasteiger partial charge in [0.05, 0.1) is 18.6 Å². The third-order valence-electron chi connectivity index (χ3n) is 1.19. The molecular weight excluding hydrogens is 190 g/mol. The molecule has 0 saturated carbocycles. The van der Waals surface area contributed by atoms with Gasteiger partial charge in [-0.15, -0.1) is 0 Å². The monoisotopic (exact) mass is 203 g/mol. The number of nitrogens with zero attached hydrogens (tertiary/aromatic N) is 1. The Morgan fingerprint density at radius 3 is 1.93 bits per heavy atom. The van der Waals surface area contributed by atoms with Gasteiger partial charge in [0.2, 0.25) is 0 Å². The van der Waals surface area contributed by atoms with Crippen LogP contribution in [0.3, 0.4) is 0 Å². The van der Waals surface area contributed by atoms with E-state index in [0.717, 1.165) is 0 Å². The summed E-state index contributed by atoms with van der Waals surface area (Å²) in [7, 11) is 0. The first-order valence-electron chi connectivity index (χ1n) is 4.02. The van der Waals surface area contributed by atoms with Crippen LogP contribution in [-0.4, -0.2) is 34.0 Å². The van der Waals surface area contributed by atoms with Crippen molar-refractivity contribution in [2.24, 2.45) is 5.16 Å². The summed E-state index contributed by atoms with van der Waals surface area (Å²) in [6.07, 6.45) is -1.66. The zero-order valence-electron chi connectivity index (χ0n) is 8.06. The van der Waals surface area contributed by atoms with E-state index in [1.54, 1.807) is 13.8 Å². The quantitative estimate of drug-likeness (QED) is 0.489. The minimum absolute atomic E-state index is 0.372. The summed E-state index contributed by atoms with van der Waals surface area (Å²) < 4.78 is 0. The average Bonchev–Trinajstić information content (AvgIpc) is 1.97. The Morgan fingerprint density at radius 1 is 1.21 bits per heavy atom. The van der Waals surface area contributed by atoms with Crippen molar-refractivity contribution in [1.82, 2.24) is 0 Å². The molecule has 6 nitrogen and oxygen atoms in total. The lowest BCUT2D eigenvalue weighted by atomic mass is 10.2. The van der Waals surface area contributed by atoms with Gasteiger partial charge in [-0.3, -0.25) is 9.59 Å². The second-order valence-electron chi connectivity index (χ2n) is 2.96. The van der Waals surface area contributed by atoms with Gasteiger partial charge in [0.15, 0.2) is 0 Å². The highest BCUT2D eigenvalue weighted by molar-refractivity contribution is 5.78. The summed E-state index contributed by atoms with van der Waals surface area (Å²) in [5.41, 5.74) is 0.603. The summed E-state index contributed by atoms with van der Waals surface area (Å²) in [6, 6.07) is 0. The number of hydrogen-bond acceptors (Lipinski definition) is 4. The van der Waals surface area contributed by atoms with E-state index >= 15 is 0 Å². The minimum atomic E-state index is -1.11. The Bertz CT molecular complexity index is 228. The zero-order chi connectivity index (χ0) is 11.1. The molecule has 0 aromatic heterocycles. The Kier molecular flexibility index (Phi) is 5.28. The standard InChI is InChI=1S/C8H13NO5/c1-5(2)9-14-6(3-7(10)11)4-8(12)13/h6H,3-4H2,1-2H3,(H,10,11)(H,12,13). The number of carboxylic acids is 2. The van der Waals surface area contributed by atoms with Gasteiger partial charge in [-0.2, -0.15) is 0 Å². The molecule has 0 aromatic rings. The van der Waals surface area contributed by atoms with Crippen LogP contribution in [0.15, 0.2) is 5.16 Å². The molecule has 0 unspecified atom stereocenters. The minimum Gasteiger partial charge on any atom is -0.481 e. The molecule has 0 aliphatic heterocycles. The zero-order valence-corrected chi connectivity index (χ0v) is 8.06. The summed E-state index contributed by atoms with van der Waals surface area (Å²) in [6.45, 7) is 3.33. The van der Waals surface area contributed by atoms with Crippen molar-refractivity contribution in [1.29, 1.82) is 0 Å². The van der Waals surface area contributed by atoms with Gasteiger partial charge in [-0.1, -0.05) is 5.16 Å². The first kappa shape index (κ1) is 12.4. The lowest BCUT2D eigenvalue weighted by Crippen LogP contribution is -2.19. The number of rotatable bonds is 6. The van der Waals surface area contributed by atoms with E-state index in [9.17, 15) is 9.59 Å². The number of oxime groups is 1. The van der Waals surface area contributed by atoms with Gasteiger partial charge in [-0.25, -0.2) is 0 Å². The summed E-state index contributed by atoms with van der Waals surface area (Å²) in [5.74, 6) is -2.22. The molecule has 0 aliphatic carbocycles. The second-order valence-corrected chi connectivity index (χ2v) is 2.96. The highest BCUT2D eigenvalue weighted by Gasteiger charge is 2.18. The highest BCUT2D eigenvalue weighted by atomic mass is 16.6. The molecule has 80 valence electrons. The van der Waals surface area contributed by atoms with Crippen molar-refractivity contribution in [2.75, 3.05) is 0 Å². The van der Waals surface area contributed by atoms with Gasteiger partial charge < -0.3 is 15.1 Å². The molecule has 0 saturated heterocycles. The van der Waals surface area contributed by atoms with Crippen molar-refractivity contribution >= 4 is 17.7 Å². The van der Waals surface area contributed by atoms with E-state index in [0.29, 0.717) is 5.71 Å². The van der Waals surface area contributed by atoms with E-state index in [2.05, 4.69) is 5.16 Å². The van der Waals surface area contributed by atoms with Crippen molar-refractivity contribution < 1.29 is 24.6 Å². The lowest BCUT2D eigenvalue weighted by molar-refractivity contribution is -0.144. The van der Waals surface area contributed by atoms with Crippen LogP contribution in [-0.2, 0) is 14.4 Å². The van der Waals surface area contributed by atoms with Crippen LogP contribution < -0.4 is 0 Å². The first-order chi connectivity index (χ1) is 6.41. The maximum atomic E-state index is 10.3. The first-order valence-corrected chi connectivity index (χ1v) is 4.02. The summed E-state index contributed by atoms with van der Waals surface area (Å²) in [4.78, 5) is 25.4. The molecule has 2 N–H and O–H groups in total. The average molecular weight is 203 g/mol. The fourth-order valence-electron chi connectivity index (χ4n) is 0.716. The summed E-state index contributed by atoms with van der Waals surface area (Å²) in [5, 5.41) is 20.4. The van der Waals surface area contributed by atoms with E-state index < -0.39 is 18.0 Å². The number of carboxylic acid groups (broad SMARTS) is 2. The Balaban J connectivity index is 4.17. The molecule has 0 radical (unpaired) electrons. The van der Waals surface area contributed by atoms with E-state index in [4.69, 9.17) is 15.1 Å². The third-order valence-corrected chi connectivity index (χ3v) is 1.19. The predicted molar refractivity (Wildman–Crippen MR) is 48.2 cm³/mol. The lowest BCUT2D eigenvalue weighted by Gasteiger charge is -2.10. The molecule has 0 heterocycles. The molecule has 0 atom stereocenters. The van der Waals surface area contributed by atoms with Crippen LogP contribution in [0.4, 0.5) is 0 Å². The smallest absolute Gasteiger partial charge is 0.307 e. The predicted octanol–water partition coefficient (Wildman–Crippen LogP) is 0.717. The van der Waals surface area contributed by atoms with Crippen LogP contribution in [0.1, 0.15) is 26.7 Å². The van der Waals surface area contributed by atoms with Gasteiger partial charge in [0.1, 0.15) is 6.10 Å². The van der Waals surface area contributed by atoms with Crippen LogP contribution in [0.5, 0.6) is 0 Å². The van der Waals surface area contributed by atoms with Crippen LogP contribution in [0.25, 0.3) is 0 Å². The molecule has 0 amide bonds. The molecule has 14 heavy (non-hydrogen) atoms.